The lowest BCUT2D eigenvalue weighted by Gasteiger charge is -2.04. The average molecular weight is 288 g/mol. The third-order valence-corrected chi connectivity index (χ3v) is 3.28. The molecule has 0 fully saturated rings. The zero-order valence-corrected chi connectivity index (χ0v) is 11.8. The van der Waals surface area contributed by atoms with Crippen LogP contribution in [0, 0.1) is 25.2 Å². The third-order valence-electron chi connectivity index (χ3n) is 2.45. The number of hydrogen-bond acceptors (Lipinski definition) is 7. The fourth-order valence-electron chi connectivity index (χ4n) is 1.59. The molecule has 0 aromatic carbocycles. The Labute approximate surface area is 119 Å². The van der Waals surface area contributed by atoms with E-state index in [1.165, 1.54) is 18.0 Å². The molecular formula is C12H12N6OS. The van der Waals surface area contributed by atoms with Crippen LogP contribution in [-0.2, 0) is 0 Å². The van der Waals surface area contributed by atoms with Crippen LogP contribution in [0.3, 0.4) is 0 Å². The first-order chi connectivity index (χ1) is 9.51. The minimum Gasteiger partial charge on any atom is -0.382 e. The molecule has 0 amide bonds. The molecule has 0 bridgehead atoms. The number of aryl methyl sites for hydroxylation is 2. The molecule has 0 aliphatic rings. The standard InChI is InChI=1S/C12H12N6OS/c1-7-3-8(2)17-12(16-7)20-6-10(19)18-11(14)9(4-13)5-15-18/h3,5H,6,14H2,1-2H3. The van der Waals surface area contributed by atoms with Gasteiger partial charge in [0.1, 0.15) is 17.5 Å². The van der Waals surface area contributed by atoms with Crippen molar-refractivity contribution in [2.75, 3.05) is 11.5 Å². The first kappa shape index (κ1) is 14.0. The number of anilines is 1. The van der Waals surface area contributed by atoms with E-state index in [0.717, 1.165) is 16.1 Å². The zero-order chi connectivity index (χ0) is 14.7. The average Bonchev–Trinajstić information content (AvgIpc) is 2.76. The van der Waals surface area contributed by atoms with Crippen LogP contribution in [-0.4, -0.2) is 31.4 Å². The Morgan fingerprint density at radius 2 is 2.10 bits per heavy atom. The van der Waals surface area contributed by atoms with Crippen molar-refractivity contribution in [3.63, 3.8) is 0 Å². The van der Waals surface area contributed by atoms with Gasteiger partial charge < -0.3 is 5.73 Å². The molecule has 2 aromatic rings. The number of thioether (sulfide) groups is 1. The maximum Gasteiger partial charge on any atom is 0.259 e. The molecule has 2 aromatic heterocycles. The van der Waals surface area contributed by atoms with E-state index in [1.807, 2.05) is 26.0 Å². The van der Waals surface area contributed by atoms with E-state index >= 15 is 0 Å². The molecule has 0 atom stereocenters. The minimum atomic E-state index is -0.322. The highest BCUT2D eigenvalue weighted by atomic mass is 32.2. The van der Waals surface area contributed by atoms with Crippen molar-refractivity contribution in [2.24, 2.45) is 0 Å². The monoisotopic (exact) mass is 288 g/mol. The van der Waals surface area contributed by atoms with Crippen LogP contribution < -0.4 is 5.73 Å². The summed E-state index contributed by atoms with van der Waals surface area (Å²) in [5, 5.41) is 13.1. The van der Waals surface area contributed by atoms with E-state index in [-0.39, 0.29) is 23.0 Å². The van der Waals surface area contributed by atoms with Gasteiger partial charge in [-0.1, -0.05) is 11.8 Å². The van der Waals surface area contributed by atoms with Gasteiger partial charge in [-0.3, -0.25) is 4.79 Å². The number of nitrogen functional groups attached to an aromatic ring is 1. The Hall–Kier alpha value is -2.40. The van der Waals surface area contributed by atoms with Gasteiger partial charge in [0.25, 0.3) is 5.91 Å². The van der Waals surface area contributed by atoms with Crippen molar-refractivity contribution < 1.29 is 4.79 Å². The summed E-state index contributed by atoms with van der Waals surface area (Å²) in [4.78, 5) is 20.4. The van der Waals surface area contributed by atoms with Crippen LogP contribution in [0.15, 0.2) is 17.4 Å². The number of aromatic nitrogens is 4. The molecular weight excluding hydrogens is 276 g/mol. The molecule has 0 spiro atoms. The van der Waals surface area contributed by atoms with E-state index in [0.29, 0.717) is 5.16 Å². The Morgan fingerprint density at radius 1 is 1.45 bits per heavy atom. The largest absolute Gasteiger partial charge is 0.382 e. The molecule has 0 radical (unpaired) electrons. The first-order valence-corrected chi connectivity index (χ1v) is 6.71. The fourth-order valence-corrected chi connectivity index (χ4v) is 2.38. The summed E-state index contributed by atoms with van der Waals surface area (Å²) in [6, 6.07) is 3.72. The Balaban J connectivity index is 2.09. The van der Waals surface area contributed by atoms with Gasteiger partial charge in [0.15, 0.2) is 5.16 Å². The van der Waals surface area contributed by atoms with Crippen LogP contribution >= 0.6 is 11.8 Å². The minimum absolute atomic E-state index is 0.0550. The van der Waals surface area contributed by atoms with Crippen molar-refractivity contribution in [1.82, 2.24) is 19.7 Å². The number of nitriles is 1. The second-order valence-electron chi connectivity index (χ2n) is 4.08. The van der Waals surface area contributed by atoms with Crippen LogP contribution in [0.25, 0.3) is 0 Å². The van der Waals surface area contributed by atoms with Crippen molar-refractivity contribution in [1.29, 1.82) is 5.26 Å². The molecule has 2 heterocycles. The predicted octanol–water partition coefficient (Wildman–Crippen LogP) is 1.18. The molecule has 20 heavy (non-hydrogen) atoms. The van der Waals surface area contributed by atoms with Crippen molar-refractivity contribution in [3.05, 3.63) is 29.2 Å². The third kappa shape index (κ3) is 2.95. The molecule has 0 aliphatic carbocycles. The van der Waals surface area contributed by atoms with Gasteiger partial charge in [-0.15, -0.1) is 0 Å². The van der Waals surface area contributed by atoms with Crippen LogP contribution in [0.2, 0.25) is 0 Å². The van der Waals surface area contributed by atoms with E-state index in [2.05, 4.69) is 15.1 Å². The van der Waals surface area contributed by atoms with Gasteiger partial charge in [0, 0.05) is 11.4 Å². The second-order valence-corrected chi connectivity index (χ2v) is 5.03. The summed E-state index contributed by atoms with van der Waals surface area (Å²) in [7, 11) is 0. The van der Waals surface area contributed by atoms with Crippen LogP contribution in [0.1, 0.15) is 21.7 Å². The Kier molecular flexibility index (Phi) is 4.00. The quantitative estimate of drug-likeness (QED) is 0.666. The van der Waals surface area contributed by atoms with Crippen LogP contribution in [0.4, 0.5) is 5.82 Å². The smallest absolute Gasteiger partial charge is 0.259 e. The van der Waals surface area contributed by atoms with E-state index in [1.54, 1.807) is 0 Å². The van der Waals surface area contributed by atoms with Gasteiger partial charge in [0.05, 0.1) is 11.9 Å². The number of nitrogens with zero attached hydrogens (tertiary/aromatic N) is 5. The van der Waals surface area contributed by atoms with Gasteiger partial charge in [-0.2, -0.15) is 15.0 Å². The van der Waals surface area contributed by atoms with Crippen molar-refractivity contribution in [3.8, 4) is 6.07 Å². The molecule has 2 rings (SSSR count). The normalized spacial score (nSPS) is 10.2. The molecule has 0 saturated carbocycles. The van der Waals surface area contributed by atoms with Gasteiger partial charge in [0.2, 0.25) is 0 Å². The second kappa shape index (κ2) is 5.71. The number of nitrogens with two attached hydrogens (primary N) is 1. The molecule has 7 nitrogen and oxygen atoms in total. The Morgan fingerprint density at radius 3 is 2.65 bits per heavy atom. The predicted molar refractivity (Wildman–Crippen MR) is 74.2 cm³/mol. The van der Waals surface area contributed by atoms with Crippen molar-refractivity contribution >= 4 is 23.5 Å². The number of hydrogen-bond donors (Lipinski definition) is 1. The summed E-state index contributed by atoms with van der Waals surface area (Å²) in [5.74, 6) is -0.171. The Bertz CT molecular complexity index is 682. The number of carbonyl (C=O) groups is 1. The van der Waals surface area contributed by atoms with Gasteiger partial charge in [-0.05, 0) is 19.9 Å². The maximum atomic E-state index is 12.0. The van der Waals surface area contributed by atoms with E-state index in [9.17, 15) is 4.79 Å². The molecule has 2 N–H and O–H groups in total. The van der Waals surface area contributed by atoms with E-state index < -0.39 is 0 Å². The molecule has 0 saturated heterocycles. The van der Waals surface area contributed by atoms with Crippen LogP contribution in [0.5, 0.6) is 0 Å². The fraction of sp³-hybridized carbons (Fsp3) is 0.250. The molecule has 102 valence electrons. The lowest BCUT2D eigenvalue weighted by molar-refractivity contribution is 0.0929. The molecule has 0 aliphatic heterocycles. The van der Waals surface area contributed by atoms with Gasteiger partial charge >= 0.3 is 0 Å². The lowest BCUT2D eigenvalue weighted by Crippen LogP contribution is -2.17. The topological polar surface area (TPSA) is 110 Å². The van der Waals surface area contributed by atoms with Crippen molar-refractivity contribution in [2.45, 2.75) is 19.0 Å². The SMILES string of the molecule is Cc1cc(C)nc(SCC(=O)n2ncc(C#N)c2N)n1. The zero-order valence-electron chi connectivity index (χ0n) is 11.0. The van der Waals surface area contributed by atoms with E-state index in [4.69, 9.17) is 11.0 Å². The van der Waals surface area contributed by atoms with Gasteiger partial charge in [-0.25, -0.2) is 9.97 Å². The maximum absolute atomic E-state index is 12.0. The molecule has 8 heteroatoms. The highest BCUT2D eigenvalue weighted by molar-refractivity contribution is 7.99. The lowest BCUT2D eigenvalue weighted by atomic mass is 10.4. The molecule has 0 unspecified atom stereocenters. The summed E-state index contributed by atoms with van der Waals surface area (Å²) < 4.78 is 1.02. The number of carbonyl (C=O) groups excluding carboxylic acids is 1. The number of rotatable bonds is 3. The highest BCUT2D eigenvalue weighted by Crippen LogP contribution is 2.16. The first-order valence-electron chi connectivity index (χ1n) is 5.73. The summed E-state index contributed by atoms with van der Waals surface area (Å²) in [6.45, 7) is 3.73. The highest BCUT2D eigenvalue weighted by Gasteiger charge is 2.14. The summed E-state index contributed by atoms with van der Waals surface area (Å²) in [5.41, 5.74) is 7.53. The summed E-state index contributed by atoms with van der Waals surface area (Å²) in [6.07, 6.45) is 1.27. The summed E-state index contributed by atoms with van der Waals surface area (Å²) >= 11 is 1.21.